The zero-order valence-corrected chi connectivity index (χ0v) is 18.3. The van der Waals surface area contributed by atoms with E-state index in [0.717, 1.165) is 49.7 Å². The van der Waals surface area contributed by atoms with Gasteiger partial charge in [0.1, 0.15) is 17.7 Å². The minimum absolute atomic E-state index is 0.163. The molecule has 162 valence electrons. The molecule has 0 unspecified atom stereocenters. The van der Waals surface area contributed by atoms with Gasteiger partial charge in [-0.15, -0.1) is 0 Å². The summed E-state index contributed by atoms with van der Waals surface area (Å²) in [6.07, 6.45) is 2.16. The van der Waals surface area contributed by atoms with Gasteiger partial charge >= 0.3 is 0 Å². The van der Waals surface area contributed by atoms with E-state index in [4.69, 9.17) is 9.73 Å². The molecular formula is C24H33FN4O. The van der Waals surface area contributed by atoms with Gasteiger partial charge in [0.2, 0.25) is 0 Å². The molecule has 0 bridgehead atoms. The van der Waals surface area contributed by atoms with Crippen molar-refractivity contribution < 1.29 is 9.13 Å². The fraction of sp³-hybridized carbons (Fsp3) is 0.458. The van der Waals surface area contributed by atoms with Crippen LogP contribution in [-0.4, -0.2) is 55.6 Å². The first kappa shape index (κ1) is 22.1. The Kier molecular flexibility index (Phi) is 8.08. The van der Waals surface area contributed by atoms with E-state index in [-0.39, 0.29) is 11.9 Å². The third-order valence-electron chi connectivity index (χ3n) is 5.13. The van der Waals surface area contributed by atoms with Crippen LogP contribution in [0.4, 0.5) is 4.39 Å². The van der Waals surface area contributed by atoms with Gasteiger partial charge < -0.3 is 19.9 Å². The third-order valence-corrected chi connectivity index (χ3v) is 5.13. The van der Waals surface area contributed by atoms with Gasteiger partial charge in [-0.05, 0) is 50.8 Å². The molecule has 30 heavy (non-hydrogen) atoms. The Morgan fingerprint density at radius 2 is 1.90 bits per heavy atom. The van der Waals surface area contributed by atoms with Crippen molar-refractivity contribution >= 4 is 5.96 Å². The Morgan fingerprint density at radius 1 is 1.17 bits per heavy atom. The second-order valence-electron chi connectivity index (χ2n) is 7.95. The average Bonchev–Trinajstić information content (AvgIpc) is 2.74. The highest BCUT2D eigenvalue weighted by Gasteiger charge is 2.22. The summed E-state index contributed by atoms with van der Waals surface area (Å²) in [5.74, 6) is 1.68. The standard InChI is InChI=1S/C24H33FN4O/c1-4-26-24(27-17-19-10-11-23(25)20(16-19)18-28(2)3)29-14-12-22(13-15-29)30-21-8-6-5-7-9-21/h5-11,16,22H,4,12-15,17-18H2,1-3H3,(H,26,27). The summed E-state index contributed by atoms with van der Waals surface area (Å²) >= 11 is 0. The van der Waals surface area contributed by atoms with Crippen LogP contribution >= 0.6 is 0 Å². The van der Waals surface area contributed by atoms with Gasteiger partial charge in [0, 0.05) is 44.6 Å². The molecular weight excluding hydrogens is 379 g/mol. The fourth-order valence-corrected chi connectivity index (χ4v) is 3.66. The van der Waals surface area contributed by atoms with Crippen LogP contribution in [0, 0.1) is 5.82 Å². The van der Waals surface area contributed by atoms with E-state index in [0.29, 0.717) is 18.7 Å². The second kappa shape index (κ2) is 11.0. The lowest BCUT2D eigenvalue weighted by molar-refractivity contribution is 0.129. The topological polar surface area (TPSA) is 40.1 Å². The number of hydrogen-bond acceptors (Lipinski definition) is 3. The van der Waals surface area contributed by atoms with Crippen molar-refractivity contribution in [2.75, 3.05) is 33.7 Å². The minimum atomic E-state index is -0.163. The Hall–Kier alpha value is -2.60. The van der Waals surface area contributed by atoms with Crippen LogP contribution in [0.3, 0.4) is 0 Å². The lowest BCUT2D eigenvalue weighted by Crippen LogP contribution is -2.47. The minimum Gasteiger partial charge on any atom is -0.490 e. The smallest absolute Gasteiger partial charge is 0.194 e. The molecule has 1 saturated heterocycles. The number of ether oxygens (including phenoxy) is 1. The van der Waals surface area contributed by atoms with Crippen LogP contribution < -0.4 is 10.1 Å². The first-order valence-electron chi connectivity index (χ1n) is 10.7. The van der Waals surface area contributed by atoms with Gasteiger partial charge in [-0.3, -0.25) is 0 Å². The van der Waals surface area contributed by atoms with Crippen molar-refractivity contribution in [3.63, 3.8) is 0 Å². The molecule has 5 nitrogen and oxygen atoms in total. The highest BCUT2D eigenvalue weighted by Crippen LogP contribution is 2.19. The van der Waals surface area contributed by atoms with Crippen molar-refractivity contribution in [1.82, 2.24) is 15.1 Å². The summed E-state index contributed by atoms with van der Waals surface area (Å²) in [6.45, 7) is 5.81. The van der Waals surface area contributed by atoms with Crippen molar-refractivity contribution in [2.45, 2.75) is 39.0 Å². The van der Waals surface area contributed by atoms with Crippen LogP contribution in [0.2, 0.25) is 0 Å². The zero-order chi connectivity index (χ0) is 21.3. The number of hydrogen-bond donors (Lipinski definition) is 1. The van der Waals surface area contributed by atoms with Crippen molar-refractivity contribution in [2.24, 2.45) is 4.99 Å². The molecule has 1 fully saturated rings. The van der Waals surface area contributed by atoms with Crippen LogP contribution in [0.15, 0.2) is 53.5 Å². The molecule has 6 heteroatoms. The number of benzene rings is 2. The Balaban J connectivity index is 1.60. The molecule has 0 spiro atoms. The lowest BCUT2D eigenvalue weighted by Gasteiger charge is -2.34. The predicted molar refractivity (Wildman–Crippen MR) is 120 cm³/mol. The molecule has 1 heterocycles. The molecule has 2 aromatic carbocycles. The summed E-state index contributed by atoms with van der Waals surface area (Å²) < 4.78 is 20.1. The van der Waals surface area contributed by atoms with Gasteiger partial charge in [0.25, 0.3) is 0 Å². The molecule has 1 aliphatic rings. The fourth-order valence-electron chi connectivity index (χ4n) is 3.66. The quantitative estimate of drug-likeness (QED) is 0.553. The average molecular weight is 413 g/mol. The van der Waals surface area contributed by atoms with Crippen molar-refractivity contribution in [3.8, 4) is 5.75 Å². The van der Waals surface area contributed by atoms with Crippen LogP contribution in [-0.2, 0) is 13.1 Å². The van der Waals surface area contributed by atoms with E-state index in [1.54, 1.807) is 6.07 Å². The second-order valence-corrected chi connectivity index (χ2v) is 7.95. The number of nitrogens with zero attached hydrogens (tertiary/aromatic N) is 3. The maximum absolute atomic E-state index is 14.0. The molecule has 0 atom stereocenters. The largest absolute Gasteiger partial charge is 0.490 e. The van der Waals surface area contributed by atoms with Gasteiger partial charge in [-0.1, -0.05) is 24.3 Å². The summed E-state index contributed by atoms with van der Waals surface area (Å²) in [4.78, 5) is 9.08. The molecule has 3 rings (SSSR count). The molecule has 1 N–H and O–H groups in total. The summed E-state index contributed by atoms with van der Waals surface area (Å²) in [6, 6.07) is 15.3. The van der Waals surface area contributed by atoms with E-state index < -0.39 is 0 Å². The van der Waals surface area contributed by atoms with Gasteiger partial charge in [-0.2, -0.15) is 0 Å². The molecule has 0 amide bonds. The van der Waals surface area contributed by atoms with Gasteiger partial charge in [0.05, 0.1) is 6.54 Å². The number of halogens is 1. The Bertz CT molecular complexity index is 817. The van der Waals surface area contributed by atoms with E-state index in [1.165, 1.54) is 0 Å². The number of aliphatic imine (C=N–C) groups is 1. The summed E-state index contributed by atoms with van der Waals surface area (Å²) in [5.41, 5.74) is 1.72. The number of guanidine groups is 1. The summed E-state index contributed by atoms with van der Waals surface area (Å²) in [5, 5.41) is 3.40. The number of piperidine rings is 1. The number of nitrogens with one attached hydrogen (secondary N) is 1. The first-order valence-corrected chi connectivity index (χ1v) is 10.7. The molecule has 2 aromatic rings. The number of rotatable bonds is 7. The van der Waals surface area contributed by atoms with Crippen LogP contribution in [0.1, 0.15) is 30.9 Å². The Labute approximate surface area is 179 Å². The highest BCUT2D eigenvalue weighted by atomic mass is 19.1. The third kappa shape index (κ3) is 6.46. The zero-order valence-electron chi connectivity index (χ0n) is 18.3. The normalized spacial score (nSPS) is 15.5. The van der Waals surface area contributed by atoms with Crippen LogP contribution in [0.25, 0.3) is 0 Å². The predicted octanol–water partition coefficient (Wildman–Crippen LogP) is 3.90. The maximum atomic E-state index is 14.0. The molecule has 0 aliphatic carbocycles. The molecule has 0 aromatic heterocycles. The van der Waals surface area contributed by atoms with Gasteiger partial charge in [-0.25, -0.2) is 9.38 Å². The lowest BCUT2D eigenvalue weighted by atomic mass is 10.1. The first-order chi connectivity index (χ1) is 14.5. The Morgan fingerprint density at radius 3 is 2.57 bits per heavy atom. The molecule has 1 aliphatic heterocycles. The monoisotopic (exact) mass is 412 g/mol. The molecule has 0 radical (unpaired) electrons. The highest BCUT2D eigenvalue weighted by molar-refractivity contribution is 5.80. The summed E-state index contributed by atoms with van der Waals surface area (Å²) in [7, 11) is 3.89. The van der Waals surface area contributed by atoms with E-state index in [1.807, 2.05) is 61.5 Å². The SMILES string of the molecule is CCNC(=NCc1ccc(F)c(CN(C)C)c1)N1CCC(Oc2ccccc2)CC1. The molecule has 0 saturated carbocycles. The van der Waals surface area contributed by atoms with Crippen molar-refractivity contribution in [3.05, 3.63) is 65.5 Å². The van der Waals surface area contributed by atoms with E-state index in [9.17, 15) is 4.39 Å². The van der Waals surface area contributed by atoms with Gasteiger partial charge in [0.15, 0.2) is 5.96 Å². The van der Waals surface area contributed by atoms with Crippen molar-refractivity contribution in [1.29, 1.82) is 0 Å². The number of likely N-dealkylation sites (tertiary alicyclic amines) is 1. The van der Waals surface area contributed by atoms with E-state index >= 15 is 0 Å². The van der Waals surface area contributed by atoms with E-state index in [2.05, 4.69) is 17.1 Å². The maximum Gasteiger partial charge on any atom is 0.194 e. The number of para-hydroxylation sites is 1. The van der Waals surface area contributed by atoms with Crippen LogP contribution in [0.5, 0.6) is 5.75 Å².